The molecule has 3 aromatic carbocycles. The van der Waals surface area contributed by atoms with Gasteiger partial charge in [0, 0.05) is 29.4 Å². The molecule has 0 radical (unpaired) electrons. The predicted molar refractivity (Wildman–Crippen MR) is 108 cm³/mol. The molecule has 0 bridgehead atoms. The van der Waals surface area contributed by atoms with Crippen LogP contribution in [0.4, 0.5) is 4.39 Å². The number of ether oxygens (including phenoxy) is 1. The van der Waals surface area contributed by atoms with Gasteiger partial charge in [-0.05, 0) is 72.5 Å². The van der Waals surface area contributed by atoms with Crippen LogP contribution in [0.2, 0.25) is 0 Å². The van der Waals surface area contributed by atoms with Crippen LogP contribution in [0.15, 0.2) is 85.1 Å². The number of halogens is 1. The van der Waals surface area contributed by atoms with E-state index in [-0.39, 0.29) is 11.6 Å². The Hall–Kier alpha value is -3.40. The van der Waals surface area contributed by atoms with Gasteiger partial charge in [-0.2, -0.15) is 0 Å². The van der Waals surface area contributed by atoms with E-state index in [9.17, 15) is 9.18 Å². The molecule has 0 spiro atoms. The molecule has 1 aromatic heterocycles. The molecule has 4 heteroatoms. The number of rotatable bonds is 7. The number of nitrogens with zero attached hydrogens (tertiary/aromatic N) is 1. The second-order valence-electron chi connectivity index (χ2n) is 6.63. The van der Waals surface area contributed by atoms with E-state index in [4.69, 9.17) is 4.74 Å². The molecule has 4 aromatic rings. The fourth-order valence-electron chi connectivity index (χ4n) is 3.23. The Labute approximate surface area is 163 Å². The molecule has 0 fully saturated rings. The van der Waals surface area contributed by atoms with Crippen LogP contribution < -0.4 is 4.74 Å². The van der Waals surface area contributed by atoms with Crippen LogP contribution in [-0.2, 0) is 6.54 Å². The number of hydrogen-bond donors (Lipinski definition) is 0. The monoisotopic (exact) mass is 373 g/mol. The summed E-state index contributed by atoms with van der Waals surface area (Å²) in [6.45, 7) is 1.48. The van der Waals surface area contributed by atoms with Crippen molar-refractivity contribution in [1.29, 1.82) is 0 Å². The number of aromatic nitrogens is 1. The molecule has 0 unspecified atom stereocenters. The Balaban J connectivity index is 1.31. The van der Waals surface area contributed by atoms with E-state index < -0.39 is 0 Å². The number of benzene rings is 3. The van der Waals surface area contributed by atoms with E-state index in [1.807, 2.05) is 12.1 Å². The van der Waals surface area contributed by atoms with Gasteiger partial charge in [0.1, 0.15) is 11.6 Å². The van der Waals surface area contributed by atoms with Crippen molar-refractivity contribution in [3.05, 3.63) is 102 Å². The smallest absolute Gasteiger partial charge is 0.193 e. The Morgan fingerprint density at radius 2 is 1.54 bits per heavy atom. The lowest BCUT2D eigenvalue weighted by molar-refractivity contribution is 0.103. The Bertz CT molecular complexity index is 1080. The van der Waals surface area contributed by atoms with E-state index in [2.05, 4.69) is 29.0 Å². The van der Waals surface area contributed by atoms with Crippen molar-refractivity contribution in [2.75, 3.05) is 6.61 Å². The molecule has 3 nitrogen and oxygen atoms in total. The molecule has 0 saturated heterocycles. The quantitative estimate of drug-likeness (QED) is 0.317. The summed E-state index contributed by atoms with van der Waals surface area (Å²) in [6.07, 6.45) is 2.98. The minimum absolute atomic E-state index is 0.133. The molecule has 0 N–H and O–H groups in total. The lowest BCUT2D eigenvalue weighted by Crippen LogP contribution is -2.04. The van der Waals surface area contributed by atoms with Gasteiger partial charge in [0.25, 0.3) is 0 Å². The zero-order chi connectivity index (χ0) is 19.3. The maximum absolute atomic E-state index is 13.0. The van der Waals surface area contributed by atoms with Crippen molar-refractivity contribution in [2.45, 2.75) is 13.0 Å². The van der Waals surface area contributed by atoms with Crippen LogP contribution in [-0.4, -0.2) is 17.0 Å². The highest BCUT2D eigenvalue weighted by molar-refractivity contribution is 6.09. The molecule has 0 aliphatic rings. The van der Waals surface area contributed by atoms with Crippen molar-refractivity contribution >= 4 is 16.7 Å². The first kappa shape index (κ1) is 18.0. The summed E-state index contributed by atoms with van der Waals surface area (Å²) in [5.74, 6) is 0.243. The fourth-order valence-corrected chi connectivity index (χ4v) is 3.23. The Kier molecular flexibility index (Phi) is 5.20. The van der Waals surface area contributed by atoms with Gasteiger partial charge in [-0.3, -0.25) is 4.79 Å². The predicted octanol–water partition coefficient (Wildman–Crippen LogP) is 5.48. The third-order valence-corrected chi connectivity index (χ3v) is 4.72. The average Bonchev–Trinajstić information content (AvgIpc) is 3.15. The summed E-state index contributed by atoms with van der Waals surface area (Å²) in [6, 6.07) is 23.1. The molecule has 0 saturated carbocycles. The zero-order valence-electron chi connectivity index (χ0n) is 15.3. The van der Waals surface area contributed by atoms with Gasteiger partial charge in [0.05, 0.1) is 6.61 Å². The number of hydrogen-bond acceptors (Lipinski definition) is 2. The number of carbonyl (C=O) groups excluding carboxylic acids is 1. The van der Waals surface area contributed by atoms with Crippen LogP contribution in [0.3, 0.4) is 0 Å². The number of para-hydroxylation sites is 1. The first-order valence-corrected chi connectivity index (χ1v) is 9.28. The number of carbonyl (C=O) groups is 1. The molecule has 0 amide bonds. The molecule has 28 heavy (non-hydrogen) atoms. The molecular weight excluding hydrogens is 353 g/mol. The van der Waals surface area contributed by atoms with Crippen LogP contribution in [0, 0.1) is 5.82 Å². The van der Waals surface area contributed by atoms with Crippen LogP contribution in [0.25, 0.3) is 10.9 Å². The second-order valence-corrected chi connectivity index (χ2v) is 6.63. The highest BCUT2D eigenvalue weighted by Crippen LogP contribution is 2.17. The SMILES string of the molecule is O=C(c1ccc(F)cc1)c1ccc(OCCCn2ccc3ccccc32)cc1. The second kappa shape index (κ2) is 8.09. The summed E-state index contributed by atoms with van der Waals surface area (Å²) in [5.41, 5.74) is 2.25. The van der Waals surface area contributed by atoms with Gasteiger partial charge < -0.3 is 9.30 Å². The molecule has 0 aliphatic carbocycles. The lowest BCUT2D eigenvalue weighted by Gasteiger charge is -2.09. The van der Waals surface area contributed by atoms with Crippen LogP contribution in [0.5, 0.6) is 5.75 Å². The molecular formula is C24H20FNO2. The third-order valence-electron chi connectivity index (χ3n) is 4.72. The summed E-state index contributed by atoms with van der Waals surface area (Å²) < 4.78 is 21.0. The van der Waals surface area contributed by atoms with Crippen LogP contribution >= 0.6 is 0 Å². The Morgan fingerprint density at radius 3 is 2.29 bits per heavy atom. The third kappa shape index (κ3) is 3.96. The van der Waals surface area contributed by atoms with E-state index in [0.29, 0.717) is 17.7 Å². The maximum Gasteiger partial charge on any atom is 0.193 e. The molecule has 140 valence electrons. The Morgan fingerprint density at radius 1 is 0.857 bits per heavy atom. The van der Waals surface area contributed by atoms with Gasteiger partial charge in [0.2, 0.25) is 0 Å². The maximum atomic E-state index is 13.0. The minimum Gasteiger partial charge on any atom is -0.494 e. The number of fused-ring (bicyclic) bond motifs is 1. The van der Waals surface area contributed by atoms with E-state index >= 15 is 0 Å². The lowest BCUT2D eigenvalue weighted by atomic mass is 10.0. The molecule has 0 aliphatic heterocycles. The molecule has 0 atom stereocenters. The topological polar surface area (TPSA) is 31.2 Å². The average molecular weight is 373 g/mol. The highest BCUT2D eigenvalue weighted by atomic mass is 19.1. The van der Waals surface area contributed by atoms with Crippen molar-refractivity contribution < 1.29 is 13.9 Å². The van der Waals surface area contributed by atoms with Crippen molar-refractivity contribution in [3.63, 3.8) is 0 Å². The minimum atomic E-state index is -0.354. The van der Waals surface area contributed by atoms with E-state index in [1.165, 1.54) is 35.2 Å². The van der Waals surface area contributed by atoms with Gasteiger partial charge >= 0.3 is 0 Å². The largest absolute Gasteiger partial charge is 0.494 e. The highest BCUT2D eigenvalue weighted by Gasteiger charge is 2.09. The summed E-state index contributed by atoms with van der Waals surface area (Å²) in [5, 5.41) is 1.24. The normalized spacial score (nSPS) is 10.9. The van der Waals surface area contributed by atoms with Gasteiger partial charge in [0.15, 0.2) is 5.78 Å². The number of ketones is 1. The van der Waals surface area contributed by atoms with Gasteiger partial charge in [-0.1, -0.05) is 18.2 Å². The molecule has 4 rings (SSSR count). The number of aryl methyl sites for hydroxylation is 1. The standard InChI is InChI=1S/C24H20FNO2/c25-21-10-6-19(7-11-21)24(27)20-8-12-22(13-9-20)28-17-3-15-26-16-14-18-4-1-2-5-23(18)26/h1-2,4-14,16H,3,15,17H2. The summed E-state index contributed by atoms with van der Waals surface area (Å²) >= 11 is 0. The van der Waals surface area contributed by atoms with Crippen molar-refractivity contribution in [1.82, 2.24) is 4.57 Å². The first-order valence-electron chi connectivity index (χ1n) is 9.28. The van der Waals surface area contributed by atoms with Crippen molar-refractivity contribution in [2.24, 2.45) is 0 Å². The van der Waals surface area contributed by atoms with E-state index in [0.717, 1.165) is 18.7 Å². The molecule has 1 heterocycles. The van der Waals surface area contributed by atoms with Crippen molar-refractivity contribution in [3.8, 4) is 5.75 Å². The van der Waals surface area contributed by atoms with Crippen LogP contribution in [0.1, 0.15) is 22.3 Å². The van der Waals surface area contributed by atoms with Gasteiger partial charge in [-0.15, -0.1) is 0 Å². The summed E-state index contributed by atoms with van der Waals surface area (Å²) in [4.78, 5) is 12.4. The van der Waals surface area contributed by atoms with Gasteiger partial charge in [-0.25, -0.2) is 4.39 Å². The van der Waals surface area contributed by atoms with E-state index in [1.54, 1.807) is 24.3 Å². The fraction of sp³-hybridized carbons (Fsp3) is 0.125. The zero-order valence-corrected chi connectivity index (χ0v) is 15.3. The first-order chi connectivity index (χ1) is 13.7. The summed E-state index contributed by atoms with van der Waals surface area (Å²) in [7, 11) is 0.